The van der Waals surface area contributed by atoms with Crippen molar-refractivity contribution in [3.8, 4) is 5.75 Å². The molecule has 27 heavy (non-hydrogen) atoms. The van der Waals surface area contributed by atoms with Gasteiger partial charge >= 0.3 is 0 Å². The number of nitrogen functional groups attached to an aromatic ring is 1. The zero-order valence-electron chi connectivity index (χ0n) is 14.4. The molecule has 0 spiro atoms. The summed E-state index contributed by atoms with van der Waals surface area (Å²) in [6.07, 6.45) is 6.71. The maximum atomic E-state index is 11.7. The number of primary amides is 1. The van der Waals surface area contributed by atoms with Gasteiger partial charge in [-0.2, -0.15) is 9.48 Å². The van der Waals surface area contributed by atoms with Crippen molar-refractivity contribution in [2.24, 2.45) is 15.7 Å². The standard InChI is InChI=1S/C20H17N5O2/c21-16-7-6-15(10-18(16)27-12-14-4-2-1-3-5-14)25-9-8-23-11-17(25)19(20(22)26)24-13-25/h1-11,13H,12,21H2,(H-,22,26)/p+1. The SMILES string of the molecule is NC(=O)C1=C2C=NC=C[N+]2(c2ccc(N)c(OCc3ccccc3)c2)C=N1. The van der Waals surface area contributed by atoms with Crippen LogP contribution in [0.5, 0.6) is 5.75 Å². The summed E-state index contributed by atoms with van der Waals surface area (Å²) in [5, 5.41) is 0. The Kier molecular flexibility index (Phi) is 4.06. The number of nitrogens with two attached hydrogens (primary N) is 2. The van der Waals surface area contributed by atoms with Gasteiger partial charge in [0.15, 0.2) is 17.1 Å². The Bertz CT molecular complexity index is 1020. The van der Waals surface area contributed by atoms with Crippen molar-refractivity contribution in [1.82, 2.24) is 4.48 Å². The van der Waals surface area contributed by atoms with Gasteiger partial charge < -0.3 is 16.2 Å². The van der Waals surface area contributed by atoms with Crippen molar-refractivity contribution in [2.45, 2.75) is 6.61 Å². The normalized spacial score (nSPS) is 20.0. The lowest BCUT2D eigenvalue weighted by Gasteiger charge is -2.28. The van der Waals surface area contributed by atoms with E-state index in [-0.39, 0.29) is 10.2 Å². The highest BCUT2D eigenvalue weighted by molar-refractivity contribution is 6.08. The average Bonchev–Trinajstić information content (AvgIpc) is 3.09. The van der Waals surface area contributed by atoms with Crippen molar-refractivity contribution in [2.75, 3.05) is 5.73 Å². The number of carbonyl (C=O) groups excluding carboxylic acids is 1. The fourth-order valence-corrected chi connectivity index (χ4v) is 3.08. The molecule has 1 unspecified atom stereocenters. The molecule has 0 saturated carbocycles. The van der Waals surface area contributed by atoms with Crippen LogP contribution in [0.1, 0.15) is 5.56 Å². The first-order valence-electron chi connectivity index (χ1n) is 8.36. The molecule has 134 valence electrons. The topological polar surface area (TPSA) is 103 Å². The molecular formula is C20H18N5O2+. The third-order valence-electron chi connectivity index (χ3n) is 4.49. The Morgan fingerprint density at radius 2 is 1.96 bits per heavy atom. The number of benzene rings is 2. The monoisotopic (exact) mass is 360 g/mol. The number of nitrogens with zero attached hydrogens (tertiary/aromatic N) is 3. The lowest BCUT2D eigenvalue weighted by atomic mass is 10.1. The van der Waals surface area contributed by atoms with Gasteiger partial charge in [-0.1, -0.05) is 30.3 Å². The van der Waals surface area contributed by atoms with Crippen LogP contribution in [-0.4, -0.2) is 18.5 Å². The number of allylic oxidation sites excluding steroid dienone is 1. The summed E-state index contributed by atoms with van der Waals surface area (Å²) in [6, 6.07) is 15.3. The number of fused-ring (bicyclic) bond motifs is 1. The Morgan fingerprint density at radius 3 is 2.74 bits per heavy atom. The molecule has 0 aromatic heterocycles. The smallest absolute Gasteiger partial charge is 0.273 e. The Morgan fingerprint density at radius 1 is 1.15 bits per heavy atom. The van der Waals surface area contributed by atoms with Crippen molar-refractivity contribution in [3.05, 3.63) is 77.9 Å². The first-order chi connectivity index (χ1) is 13.1. The number of hydrogen-bond acceptors (Lipinski definition) is 5. The average molecular weight is 360 g/mol. The van der Waals surface area contributed by atoms with E-state index >= 15 is 0 Å². The van der Waals surface area contributed by atoms with Gasteiger partial charge in [-0.3, -0.25) is 9.79 Å². The maximum Gasteiger partial charge on any atom is 0.273 e. The van der Waals surface area contributed by atoms with Crippen molar-refractivity contribution in [3.63, 3.8) is 0 Å². The zero-order chi connectivity index (χ0) is 18.9. The quantitative estimate of drug-likeness (QED) is 0.632. The molecule has 0 aliphatic carbocycles. The van der Waals surface area contributed by atoms with E-state index in [0.29, 0.717) is 23.7 Å². The van der Waals surface area contributed by atoms with E-state index in [9.17, 15) is 4.79 Å². The Labute approximate surface area is 156 Å². The molecule has 7 nitrogen and oxygen atoms in total. The molecule has 2 aliphatic heterocycles. The highest BCUT2D eigenvalue weighted by Crippen LogP contribution is 2.38. The molecule has 0 fully saturated rings. The fraction of sp³-hybridized carbons (Fsp3) is 0.0500. The van der Waals surface area contributed by atoms with E-state index in [1.807, 2.05) is 48.7 Å². The van der Waals surface area contributed by atoms with E-state index in [1.54, 1.807) is 24.8 Å². The molecule has 7 heteroatoms. The van der Waals surface area contributed by atoms with E-state index < -0.39 is 5.91 Å². The van der Waals surface area contributed by atoms with Gasteiger partial charge in [0, 0.05) is 12.1 Å². The molecule has 2 aromatic carbocycles. The first kappa shape index (κ1) is 16.7. The number of ether oxygens (including phenoxy) is 1. The Balaban J connectivity index is 1.70. The molecule has 4 rings (SSSR count). The zero-order valence-corrected chi connectivity index (χ0v) is 14.4. The van der Waals surface area contributed by atoms with Crippen LogP contribution in [0.3, 0.4) is 0 Å². The second kappa shape index (κ2) is 6.54. The van der Waals surface area contributed by atoms with Gasteiger partial charge in [0.05, 0.1) is 18.1 Å². The fourth-order valence-electron chi connectivity index (χ4n) is 3.08. The second-order valence-electron chi connectivity index (χ2n) is 6.19. The van der Waals surface area contributed by atoms with Crippen molar-refractivity contribution < 1.29 is 9.53 Å². The molecule has 0 bridgehead atoms. The maximum absolute atomic E-state index is 11.7. The number of anilines is 1. The van der Waals surface area contributed by atoms with Gasteiger partial charge in [0.1, 0.15) is 18.6 Å². The van der Waals surface area contributed by atoms with Gasteiger partial charge in [-0.15, -0.1) is 0 Å². The lowest BCUT2D eigenvalue weighted by molar-refractivity contribution is -0.114. The number of carbonyl (C=O) groups is 1. The van der Waals surface area contributed by atoms with Gasteiger partial charge in [-0.05, 0) is 11.6 Å². The largest absolute Gasteiger partial charge is 0.487 e. The van der Waals surface area contributed by atoms with Crippen molar-refractivity contribution in [1.29, 1.82) is 0 Å². The highest BCUT2D eigenvalue weighted by atomic mass is 16.5. The van der Waals surface area contributed by atoms with E-state index in [2.05, 4.69) is 9.98 Å². The molecule has 1 amide bonds. The number of amides is 1. The second-order valence-corrected chi connectivity index (χ2v) is 6.19. The van der Waals surface area contributed by atoms with E-state index in [0.717, 1.165) is 11.3 Å². The predicted octanol–water partition coefficient (Wildman–Crippen LogP) is 2.45. The van der Waals surface area contributed by atoms with E-state index in [4.69, 9.17) is 16.2 Å². The number of quaternary nitrogens is 1. The summed E-state index contributed by atoms with van der Waals surface area (Å²) < 4.78 is 6.03. The van der Waals surface area contributed by atoms with Crippen LogP contribution < -0.4 is 20.7 Å². The van der Waals surface area contributed by atoms with E-state index in [1.165, 1.54) is 0 Å². The molecule has 0 radical (unpaired) electrons. The van der Waals surface area contributed by atoms with Crippen molar-refractivity contribution >= 4 is 29.8 Å². The minimum atomic E-state index is -0.598. The number of rotatable bonds is 5. The number of aliphatic imine (C=N–C) groups is 2. The lowest BCUT2D eigenvalue weighted by Crippen LogP contribution is -2.41. The van der Waals surface area contributed by atoms with Crippen LogP contribution in [0.25, 0.3) is 0 Å². The summed E-state index contributed by atoms with van der Waals surface area (Å²) in [5.74, 6) is -0.0426. The summed E-state index contributed by atoms with van der Waals surface area (Å²) in [4.78, 5) is 20.0. The third-order valence-corrected chi connectivity index (χ3v) is 4.49. The summed E-state index contributed by atoms with van der Waals surface area (Å²) >= 11 is 0. The molecular weight excluding hydrogens is 342 g/mol. The first-order valence-corrected chi connectivity index (χ1v) is 8.36. The number of hydrogen-bond donors (Lipinski definition) is 2. The van der Waals surface area contributed by atoms with Crippen LogP contribution in [0.15, 0.2) is 82.3 Å². The van der Waals surface area contributed by atoms with Crippen LogP contribution in [0, 0.1) is 0 Å². The predicted molar refractivity (Wildman–Crippen MR) is 106 cm³/mol. The van der Waals surface area contributed by atoms with Gasteiger partial charge in [0.25, 0.3) is 5.91 Å². The molecule has 2 aliphatic rings. The van der Waals surface area contributed by atoms with Gasteiger partial charge in [0.2, 0.25) is 6.34 Å². The summed E-state index contributed by atoms with van der Waals surface area (Å²) in [5.41, 5.74) is 14.7. The highest BCUT2D eigenvalue weighted by Gasteiger charge is 2.42. The summed E-state index contributed by atoms with van der Waals surface area (Å²) in [6.45, 7) is 0.398. The molecule has 2 heterocycles. The molecule has 4 N–H and O–H groups in total. The van der Waals surface area contributed by atoms with Crippen LogP contribution >= 0.6 is 0 Å². The minimum Gasteiger partial charge on any atom is -0.487 e. The Hall–Kier alpha value is -3.71. The van der Waals surface area contributed by atoms with Crippen LogP contribution in [0.2, 0.25) is 0 Å². The third kappa shape index (κ3) is 2.90. The molecule has 0 saturated heterocycles. The van der Waals surface area contributed by atoms with Crippen LogP contribution in [0.4, 0.5) is 11.4 Å². The molecule has 1 atom stereocenters. The van der Waals surface area contributed by atoms with Crippen LogP contribution in [-0.2, 0) is 11.4 Å². The molecule has 2 aromatic rings. The summed E-state index contributed by atoms with van der Waals surface area (Å²) in [7, 11) is 0. The van der Waals surface area contributed by atoms with Gasteiger partial charge in [-0.25, -0.2) is 0 Å². The minimum absolute atomic E-state index is 0.101.